The van der Waals surface area contributed by atoms with Crippen molar-refractivity contribution in [3.05, 3.63) is 47.3 Å². The third kappa shape index (κ3) is 2.25. The van der Waals surface area contributed by atoms with E-state index in [0.29, 0.717) is 17.2 Å². The molecule has 2 aromatic carbocycles. The summed E-state index contributed by atoms with van der Waals surface area (Å²) < 4.78 is 29.1. The van der Waals surface area contributed by atoms with Crippen LogP contribution in [0.2, 0.25) is 0 Å². The molecule has 2 amide bonds. The molecule has 6 nitrogen and oxygen atoms in total. The van der Waals surface area contributed by atoms with Gasteiger partial charge in [0.25, 0.3) is 11.8 Å². The number of nitrogens with zero attached hydrogens (tertiary/aromatic N) is 1. The van der Waals surface area contributed by atoms with Crippen LogP contribution in [0.3, 0.4) is 0 Å². The molecule has 0 saturated carbocycles. The van der Waals surface area contributed by atoms with E-state index < -0.39 is 17.6 Å². The van der Waals surface area contributed by atoms with Crippen LogP contribution < -0.4 is 19.1 Å². The highest BCUT2D eigenvalue weighted by Crippen LogP contribution is 2.42. The van der Waals surface area contributed by atoms with E-state index in [0.717, 1.165) is 17.0 Å². The van der Waals surface area contributed by atoms with E-state index >= 15 is 0 Å². The van der Waals surface area contributed by atoms with Crippen LogP contribution in [0.5, 0.6) is 17.2 Å². The first-order valence-corrected chi connectivity index (χ1v) is 7.00. The number of benzene rings is 2. The second kappa shape index (κ2) is 5.84. The topological polar surface area (TPSA) is 65.1 Å². The summed E-state index contributed by atoms with van der Waals surface area (Å²) in [5.74, 6) is -0.787. The molecular formula is C17H14FNO5. The molecular weight excluding hydrogens is 317 g/mol. The molecule has 0 fully saturated rings. The van der Waals surface area contributed by atoms with E-state index in [-0.39, 0.29) is 16.8 Å². The normalized spacial score (nSPS) is 13.1. The lowest BCUT2D eigenvalue weighted by Crippen LogP contribution is -2.29. The number of carbonyl (C=O) groups excluding carboxylic acids is 2. The lowest BCUT2D eigenvalue weighted by Gasteiger charge is -2.18. The van der Waals surface area contributed by atoms with Gasteiger partial charge >= 0.3 is 0 Å². The second-order valence-electron chi connectivity index (χ2n) is 5.02. The highest BCUT2D eigenvalue weighted by molar-refractivity contribution is 6.34. The molecule has 0 spiro atoms. The minimum absolute atomic E-state index is 0.0220. The molecule has 0 atom stereocenters. The average Bonchev–Trinajstić information content (AvgIpc) is 2.83. The lowest BCUT2D eigenvalue weighted by molar-refractivity contribution is 0.0926. The van der Waals surface area contributed by atoms with Gasteiger partial charge in [-0.25, -0.2) is 9.29 Å². The Hall–Kier alpha value is -3.09. The number of methoxy groups -OCH3 is 3. The Labute approximate surface area is 137 Å². The summed E-state index contributed by atoms with van der Waals surface area (Å²) in [6, 6.07) is 6.46. The number of halogens is 1. The van der Waals surface area contributed by atoms with E-state index in [1.807, 2.05) is 0 Å². The van der Waals surface area contributed by atoms with Crippen LogP contribution in [0.1, 0.15) is 20.7 Å². The van der Waals surface area contributed by atoms with Crippen molar-refractivity contribution in [1.82, 2.24) is 0 Å². The van der Waals surface area contributed by atoms with Crippen LogP contribution >= 0.6 is 0 Å². The summed E-state index contributed by atoms with van der Waals surface area (Å²) >= 11 is 0. The number of fused-ring (bicyclic) bond motifs is 1. The Bertz CT molecular complexity index is 824. The average molecular weight is 331 g/mol. The molecule has 0 aliphatic carbocycles. The van der Waals surface area contributed by atoms with Gasteiger partial charge in [0, 0.05) is 12.1 Å². The van der Waals surface area contributed by atoms with Crippen LogP contribution in [-0.4, -0.2) is 33.1 Å². The van der Waals surface area contributed by atoms with Crippen LogP contribution in [0.4, 0.5) is 10.1 Å². The molecule has 0 radical (unpaired) electrons. The van der Waals surface area contributed by atoms with E-state index in [9.17, 15) is 14.0 Å². The Morgan fingerprint density at radius 1 is 0.833 bits per heavy atom. The number of rotatable bonds is 4. The zero-order valence-corrected chi connectivity index (χ0v) is 13.3. The molecule has 2 aromatic rings. The molecule has 0 unspecified atom stereocenters. The van der Waals surface area contributed by atoms with Crippen molar-refractivity contribution in [1.29, 1.82) is 0 Å². The standard InChI is InChI=1S/C17H14FNO5/c1-22-13-7-10(8-14(23-2)15(13)24-3)19-16(20)11-5-4-9(18)6-12(11)17(19)21/h4-8H,1-3H3. The summed E-state index contributed by atoms with van der Waals surface area (Å²) in [6.07, 6.45) is 0. The molecule has 1 aliphatic rings. The highest BCUT2D eigenvalue weighted by atomic mass is 19.1. The fourth-order valence-corrected chi connectivity index (χ4v) is 2.64. The van der Waals surface area contributed by atoms with Gasteiger partial charge in [-0.1, -0.05) is 0 Å². The van der Waals surface area contributed by atoms with Crippen molar-refractivity contribution in [2.24, 2.45) is 0 Å². The van der Waals surface area contributed by atoms with Gasteiger partial charge in [-0.15, -0.1) is 0 Å². The number of hydrogen-bond acceptors (Lipinski definition) is 5. The van der Waals surface area contributed by atoms with Crippen molar-refractivity contribution in [2.75, 3.05) is 26.2 Å². The van der Waals surface area contributed by atoms with Crippen molar-refractivity contribution < 1.29 is 28.2 Å². The van der Waals surface area contributed by atoms with Crippen molar-refractivity contribution in [2.45, 2.75) is 0 Å². The predicted octanol–water partition coefficient (Wildman–Crippen LogP) is 2.65. The van der Waals surface area contributed by atoms with E-state index in [4.69, 9.17) is 14.2 Å². The summed E-state index contributed by atoms with van der Waals surface area (Å²) in [5, 5.41) is 0. The SMILES string of the molecule is COc1cc(N2C(=O)c3ccc(F)cc3C2=O)cc(OC)c1OC. The smallest absolute Gasteiger partial charge is 0.266 e. The monoisotopic (exact) mass is 331 g/mol. The Kier molecular flexibility index (Phi) is 3.84. The first kappa shape index (κ1) is 15.8. The molecule has 0 N–H and O–H groups in total. The Balaban J connectivity index is 2.14. The minimum Gasteiger partial charge on any atom is -0.493 e. The fraction of sp³-hybridized carbons (Fsp3) is 0.176. The Morgan fingerprint density at radius 3 is 1.96 bits per heavy atom. The van der Waals surface area contributed by atoms with Crippen molar-refractivity contribution in [3.63, 3.8) is 0 Å². The van der Waals surface area contributed by atoms with Gasteiger partial charge < -0.3 is 14.2 Å². The molecule has 7 heteroatoms. The molecule has 24 heavy (non-hydrogen) atoms. The Morgan fingerprint density at radius 2 is 1.42 bits per heavy atom. The summed E-state index contributed by atoms with van der Waals surface area (Å²) in [4.78, 5) is 26.0. The van der Waals surface area contributed by atoms with Crippen molar-refractivity contribution >= 4 is 17.5 Å². The van der Waals surface area contributed by atoms with Gasteiger partial charge in [-0.3, -0.25) is 9.59 Å². The predicted molar refractivity (Wildman–Crippen MR) is 83.6 cm³/mol. The quantitative estimate of drug-likeness (QED) is 0.806. The van der Waals surface area contributed by atoms with Crippen LogP contribution in [0.15, 0.2) is 30.3 Å². The maximum absolute atomic E-state index is 13.4. The molecule has 1 aliphatic heterocycles. The third-order valence-corrected chi connectivity index (χ3v) is 3.76. The van der Waals surface area contributed by atoms with Gasteiger partial charge in [0.05, 0.1) is 38.1 Å². The summed E-state index contributed by atoms with van der Waals surface area (Å²) in [6.45, 7) is 0. The van der Waals surface area contributed by atoms with E-state index in [1.54, 1.807) is 0 Å². The lowest BCUT2D eigenvalue weighted by atomic mass is 10.1. The highest BCUT2D eigenvalue weighted by Gasteiger charge is 2.37. The van der Waals surface area contributed by atoms with Crippen LogP contribution in [-0.2, 0) is 0 Å². The first-order chi connectivity index (χ1) is 11.5. The summed E-state index contributed by atoms with van der Waals surface area (Å²) in [7, 11) is 4.31. The number of ether oxygens (including phenoxy) is 3. The molecule has 0 bridgehead atoms. The van der Waals surface area contributed by atoms with Crippen LogP contribution in [0, 0.1) is 5.82 Å². The first-order valence-electron chi connectivity index (χ1n) is 7.00. The zero-order chi connectivity index (χ0) is 17.4. The molecule has 1 heterocycles. The summed E-state index contributed by atoms with van der Waals surface area (Å²) in [5.41, 5.74) is 0.417. The van der Waals surface area contributed by atoms with E-state index in [2.05, 4.69) is 0 Å². The molecule has 3 rings (SSSR count). The second-order valence-corrected chi connectivity index (χ2v) is 5.02. The zero-order valence-electron chi connectivity index (χ0n) is 13.3. The van der Waals surface area contributed by atoms with Gasteiger partial charge in [0.15, 0.2) is 11.5 Å². The number of carbonyl (C=O) groups is 2. The number of anilines is 1. The van der Waals surface area contributed by atoms with Gasteiger partial charge in [-0.2, -0.15) is 0 Å². The number of amides is 2. The minimum atomic E-state index is -0.608. The number of hydrogen-bond donors (Lipinski definition) is 0. The van der Waals surface area contributed by atoms with Gasteiger partial charge in [-0.05, 0) is 18.2 Å². The molecule has 0 aromatic heterocycles. The van der Waals surface area contributed by atoms with Gasteiger partial charge in [0.1, 0.15) is 5.82 Å². The number of imide groups is 1. The van der Waals surface area contributed by atoms with E-state index in [1.165, 1.54) is 39.5 Å². The largest absolute Gasteiger partial charge is 0.493 e. The van der Waals surface area contributed by atoms with Crippen LogP contribution in [0.25, 0.3) is 0 Å². The fourth-order valence-electron chi connectivity index (χ4n) is 2.64. The molecule has 124 valence electrons. The third-order valence-electron chi connectivity index (χ3n) is 3.76. The maximum atomic E-state index is 13.4. The maximum Gasteiger partial charge on any atom is 0.266 e. The molecule has 0 saturated heterocycles. The van der Waals surface area contributed by atoms with Gasteiger partial charge in [0.2, 0.25) is 5.75 Å². The van der Waals surface area contributed by atoms with Crippen molar-refractivity contribution in [3.8, 4) is 17.2 Å².